The van der Waals surface area contributed by atoms with Crippen molar-refractivity contribution in [3.63, 3.8) is 0 Å². The van der Waals surface area contributed by atoms with E-state index in [1.807, 2.05) is 19.9 Å². The van der Waals surface area contributed by atoms with Crippen molar-refractivity contribution < 1.29 is 4.52 Å². The van der Waals surface area contributed by atoms with Crippen LogP contribution in [0.15, 0.2) is 16.8 Å². The lowest BCUT2D eigenvalue weighted by Gasteiger charge is -2.16. The Hall–Kier alpha value is -0.790. The van der Waals surface area contributed by atoms with Crippen molar-refractivity contribution in [3.05, 3.63) is 18.0 Å². The first-order chi connectivity index (χ1) is 6.74. The molecule has 0 bridgehead atoms. The first kappa shape index (κ1) is 13.2. The van der Waals surface area contributed by atoms with Gasteiger partial charge in [0.05, 0.1) is 6.20 Å². The van der Waals surface area contributed by atoms with Gasteiger partial charge in [-0.2, -0.15) is 0 Å². The maximum absolute atomic E-state index is 5.07. The summed E-state index contributed by atoms with van der Waals surface area (Å²) in [5, 5.41) is 3.69. The van der Waals surface area contributed by atoms with E-state index < -0.39 is 0 Å². The molecule has 0 aromatic carbocycles. The summed E-state index contributed by atoms with van der Waals surface area (Å²) in [5.74, 6) is 2.45. The molecule has 0 spiro atoms. The molecule has 0 aliphatic heterocycles. The van der Waals surface area contributed by atoms with Gasteiger partial charge in [-0.05, 0) is 11.8 Å². The Labute approximate surface area is 87.7 Å². The van der Waals surface area contributed by atoms with Crippen LogP contribution in [0.4, 0.5) is 0 Å². The average molecular weight is 197 g/mol. The zero-order chi connectivity index (χ0) is 11.0. The topological polar surface area (TPSA) is 26.0 Å². The predicted octanol–water partition coefficient (Wildman–Crippen LogP) is 3.93. The van der Waals surface area contributed by atoms with Crippen LogP contribution < -0.4 is 0 Å². The summed E-state index contributed by atoms with van der Waals surface area (Å²) in [5.41, 5.74) is 0. The number of aromatic nitrogens is 1. The Morgan fingerprint density at radius 1 is 1.36 bits per heavy atom. The highest BCUT2D eigenvalue weighted by atomic mass is 16.5. The van der Waals surface area contributed by atoms with Crippen molar-refractivity contribution in [3.8, 4) is 0 Å². The second kappa shape index (κ2) is 7.60. The van der Waals surface area contributed by atoms with E-state index in [0.29, 0.717) is 0 Å². The quantitative estimate of drug-likeness (QED) is 0.731. The Morgan fingerprint density at radius 3 is 2.36 bits per heavy atom. The number of hydrogen-bond acceptors (Lipinski definition) is 2. The maximum Gasteiger partial charge on any atom is 0.136 e. The van der Waals surface area contributed by atoms with Crippen LogP contribution in [0.3, 0.4) is 0 Å². The summed E-state index contributed by atoms with van der Waals surface area (Å²) >= 11 is 0. The van der Waals surface area contributed by atoms with Gasteiger partial charge in [0.1, 0.15) is 5.76 Å². The molecule has 0 saturated carbocycles. The van der Waals surface area contributed by atoms with Crippen molar-refractivity contribution in [2.24, 2.45) is 11.8 Å². The lowest BCUT2D eigenvalue weighted by Crippen LogP contribution is -2.10. The lowest BCUT2D eigenvalue weighted by molar-refractivity contribution is 0.312. The van der Waals surface area contributed by atoms with E-state index in [2.05, 4.69) is 25.9 Å². The van der Waals surface area contributed by atoms with Gasteiger partial charge in [0.2, 0.25) is 0 Å². The highest BCUT2D eigenvalue weighted by molar-refractivity contribution is 4.94. The summed E-state index contributed by atoms with van der Waals surface area (Å²) < 4.78 is 5.07. The Morgan fingerprint density at radius 2 is 2.00 bits per heavy atom. The average Bonchev–Trinajstić information content (AvgIpc) is 2.69. The third-order valence-electron chi connectivity index (χ3n) is 2.42. The predicted molar refractivity (Wildman–Crippen MR) is 60.2 cm³/mol. The minimum absolute atomic E-state index is 0.720. The van der Waals surface area contributed by atoms with Gasteiger partial charge in [-0.1, -0.05) is 46.2 Å². The van der Waals surface area contributed by atoms with Crippen LogP contribution in [-0.4, -0.2) is 5.16 Å². The zero-order valence-electron chi connectivity index (χ0n) is 10.1. The molecule has 0 N–H and O–H groups in total. The highest BCUT2D eigenvalue weighted by Gasteiger charge is 2.13. The van der Waals surface area contributed by atoms with E-state index in [9.17, 15) is 0 Å². The van der Waals surface area contributed by atoms with Gasteiger partial charge < -0.3 is 4.52 Å². The molecule has 0 aliphatic carbocycles. The molecule has 1 unspecified atom stereocenters. The Balaban J connectivity index is 0.000000791. The normalized spacial score (nSPS) is 12.1. The minimum Gasteiger partial charge on any atom is -0.361 e. The Kier molecular flexibility index (Phi) is 7.17. The van der Waals surface area contributed by atoms with Crippen LogP contribution >= 0.6 is 0 Å². The van der Waals surface area contributed by atoms with Crippen molar-refractivity contribution in [1.82, 2.24) is 5.16 Å². The van der Waals surface area contributed by atoms with Gasteiger partial charge in [0.25, 0.3) is 0 Å². The molecule has 14 heavy (non-hydrogen) atoms. The van der Waals surface area contributed by atoms with Gasteiger partial charge >= 0.3 is 0 Å². The molecular weight excluding hydrogens is 174 g/mol. The van der Waals surface area contributed by atoms with Gasteiger partial charge in [0, 0.05) is 12.5 Å². The molecular formula is C12H23NO. The van der Waals surface area contributed by atoms with Gasteiger partial charge in [-0.15, -0.1) is 0 Å². The van der Waals surface area contributed by atoms with Crippen molar-refractivity contribution in [2.45, 2.75) is 47.5 Å². The van der Waals surface area contributed by atoms with E-state index in [-0.39, 0.29) is 0 Å². The molecule has 0 radical (unpaired) electrons. The second-order valence-corrected chi connectivity index (χ2v) is 3.60. The molecule has 2 heteroatoms. The number of nitrogens with zero attached hydrogens (tertiary/aromatic N) is 1. The van der Waals surface area contributed by atoms with Gasteiger partial charge in [-0.25, -0.2) is 0 Å². The molecule has 0 amide bonds. The van der Waals surface area contributed by atoms with Gasteiger partial charge in [-0.3, -0.25) is 0 Å². The lowest BCUT2D eigenvalue weighted by atomic mass is 9.89. The van der Waals surface area contributed by atoms with E-state index in [1.54, 1.807) is 6.20 Å². The molecule has 2 nitrogen and oxygen atoms in total. The number of hydrogen-bond donors (Lipinski definition) is 0. The third kappa shape index (κ3) is 4.45. The first-order valence-electron chi connectivity index (χ1n) is 5.63. The van der Waals surface area contributed by atoms with Crippen molar-refractivity contribution in [2.75, 3.05) is 0 Å². The molecule has 0 fully saturated rings. The van der Waals surface area contributed by atoms with Crippen LogP contribution in [0.1, 0.15) is 46.8 Å². The Bertz CT molecular complexity index is 204. The van der Waals surface area contributed by atoms with E-state index in [1.165, 1.54) is 6.42 Å². The first-order valence-corrected chi connectivity index (χ1v) is 5.63. The molecule has 0 saturated heterocycles. The SMILES string of the molecule is CC.CCC(Cc1ccno1)C(C)C. The summed E-state index contributed by atoms with van der Waals surface area (Å²) in [6.45, 7) is 10.7. The van der Waals surface area contributed by atoms with E-state index in [4.69, 9.17) is 4.52 Å². The highest BCUT2D eigenvalue weighted by Crippen LogP contribution is 2.19. The molecule has 82 valence electrons. The molecule has 1 rings (SSSR count). The summed E-state index contributed by atoms with van der Waals surface area (Å²) in [6, 6.07) is 1.95. The van der Waals surface area contributed by atoms with Gasteiger partial charge in [0.15, 0.2) is 0 Å². The second-order valence-electron chi connectivity index (χ2n) is 3.60. The molecule has 1 aromatic heterocycles. The fourth-order valence-corrected chi connectivity index (χ4v) is 1.46. The maximum atomic E-state index is 5.07. The van der Waals surface area contributed by atoms with E-state index >= 15 is 0 Å². The molecule has 0 aliphatic rings. The molecule has 1 heterocycles. The standard InChI is InChI=1S/C10H17NO.C2H6/c1-4-9(8(2)3)7-10-5-6-11-12-10;1-2/h5-6,8-9H,4,7H2,1-3H3;1-2H3. The van der Waals surface area contributed by atoms with Crippen molar-refractivity contribution >= 4 is 0 Å². The van der Waals surface area contributed by atoms with Crippen molar-refractivity contribution in [1.29, 1.82) is 0 Å². The van der Waals surface area contributed by atoms with Crippen LogP contribution in [0, 0.1) is 11.8 Å². The van der Waals surface area contributed by atoms with Crippen LogP contribution in [-0.2, 0) is 6.42 Å². The summed E-state index contributed by atoms with van der Waals surface area (Å²) in [4.78, 5) is 0. The third-order valence-corrected chi connectivity index (χ3v) is 2.42. The fourth-order valence-electron chi connectivity index (χ4n) is 1.46. The molecule has 1 atom stereocenters. The largest absolute Gasteiger partial charge is 0.361 e. The van der Waals surface area contributed by atoms with Crippen LogP contribution in [0.25, 0.3) is 0 Å². The van der Waals surface area contributed by atoms with E-state index in [0.717, 1.165) is 24.0 Å². The van der Waals surface area contributed by atoms with Crippen LogP contribution in [0.5, 0.6) is 0 Å². The summed E-state index contributed by atoms with van der Waals surface area (Å²) in [6.07, 6.45) is 3.94. The smallest absolute Gasteiger partial charge is 0.136 e. The number of rotatable bonds is 4. The van der Waals surface area contributed by atoms with Crippen LogP contribution in [0.2, 0.25) is 0 Å². The monoisotopic (exact) mass is 197 g/mol. The molecule has 1 aromatic rings. The zero-order valence-corrected chi connectivity index (χ0v) is 10.1. The summed E-state index contributed by atoms with van der Waals surface area (Å²) in [7, 11) is 0. The fraction of sp³-hybridized carbons (Fsp3) is 0.750. The minimum atomic E-state index is 0.720.